The van der Waals surface area contributed by atoms with Crippen LogP contribution in [0.25, 0.3) is 0 Å². The van der Waals surface area contributed by atoms with Gasteiger partial charge in [0.15, 0.2) is 0 Å². The Morgan fingerprint density at radius 2 is 2.07 bits per heavy atom. The summed E-state index contributed by atoms with van der Waals surface area (Å²) in [6, 6.07) is 0. The average Bonchev–Trinajstić information content (AvgIpc) is 2.13. The lowest BCUT2D eigenvalue weighted by Gasteiger charge is -2.25. The van der Waals surface area contributed by atoms with E-state index in [1.54, 1.807) is 0 Å². The smallest absolute Gasteiger partial charge is 0.317 e. The van der Waals surface area contributed by atoms with Gasteiger partial charge in [-0.1, -0.05) is 24.6 Å². The van der Waals surface area contributed by atoms with Crippen molar-refractivity contribution in [3.8, 4) is 0 Å². The Kier molecular flexibility index (Phi) is 7.41. The summed E-state index contributed by atoms with van der Waals surface area (Å²) in [5.41, 5.74) is 0. The van der Waals surface area contributed by atoms with Crippen molar-refractivity contribution in [2.24, 2.45) is 0 Å². The van der Waals surface area contributed by atoms with E-state index in [1.807, 2.05) is 0 Å². The van der Waals surface area contributed by atoms with Gasteiger partial charge in [-0.2, -0.15) is 4.31 Å². The van der Waals surface area contributed by atoms with Gasteiger partial charge in [0.1, 0.15) is 24.8 Å². The van der Waals surface area contributed by atoms with Crippen molar-refractivity contribution in [3.05, 3.63) is 12.7 Å². The first-order valence-electron chi connectivity index (χ1n) is 4.53. The zero-order valence-corrected chi connectivity index (χ0v) is 9.74. The third kappa shape index (κ3) is 6.51. The van der Waals surface area contributed by atoms with Crippen molar-refractivity contribution < 1.29 is 19.7 Å². The normalized spacial score (nSPS) is 14.7. The van der Waals surface area contributed by atoms with Gasteiger partial charge >= 0.3 is 5.97 Å². The summed E-state index contributed by atoms with van der Waals surface area (Å²) in [6.45, 7) is 6.60. The third-order valence-electron chi connectivity index (χ3n) is 1.43. The maximum absolute atomic E-state index is 11.1. The molecule has 0 aromatic rings. The highest BCUT2D eigenvalue weighted by molar-refractivity contribution is 7.97. The zero-order chi connectivity index (χ0) is 11.8. The highest BCUT2D eigenvalue weighted by Gasteiger charge is 2.18. The number of nitrogens with zero attached hydrogens (tertiary/aromatic N) is 1. The Balaban J connectivity index is 3.89. The van der Waals surface area contributed by atoms with E-state index >= 15 is 0 Å². The van der Waals surface area contributed by atoms with Crippen LogP contribution in [0.3, 0.4) is 0 Å². The van der Waals surface area contributed by atoms with Crippen molar-refractivity contribution in [2.45, 2.75) is 26.3 Å². The molecule has 0 aromatic heterocycles. The van der Waals surface area contributed by atoms with Crippen LogP contribution in [0, 0.1) is 0 Å². The van der Waals surface area contributed by atoms with Gasteiger partial charge in [0.2, 0.25) is 0 Å². The molecule has 15 heavy (non-hydrogen) atoms. The minimum absolute atomic E-state index is 0.0453. The second kappa shape index (κ2) is 7.70. The maximum Gasteiger partial charge on any atom is 0.317 e. The summed E-state index contributed by atoms with van der Waals surface area (Å²) >= 11 is 1.02. The Morgan fingerprint density at radius 1 is 1.53 bits per heavy atom. The van der Waals surface area contributed by atoms with Gasteiger partial charge in [-0.05, 0) is 13.8 Å². The number of carbonyl (C=O) groups excluding carboxylic acids is 1. The van der Waals surface area contributed by atoms with Crippen molar-refractivity contribution in [3.63, 3.8) is 0 Å². The number of aliphatic hydroxyl groups is 2. The number of ether oxygens (including phenoxy) is 1. The molecular formula is C9H17NO4S. The van der Waals surface area contributed by atoms with E-state index in [-0.39, 0.29) is 12.4 Å². The van der Waals surface area contributed by atoms with Crippen molar-refractivity contribution in [2.75, 3.05) is 12.4 Å². The molecule has 0 aliphatic carbocycles. The predicted molar refractivity (Wildman–Crippen MR) is 58.8 cm³/mol. The molecular weight excluding hydrogens is 218 g/mol. The van der Waals surface area contributed by atoms with Crippen LogP contribution in [-0.2, 0) is 9.53 Å². The summed E-state index contributed by atoms with van der Waals surface area (Å²) in [5, 5.41) is 18.5. The molecule has 0 fully saturated rings. The fraction of sp³-hybridized carbons (Fsp3) is 0.667. The number of aliphatic hydroxyl groups excluding tert-OH is 2. The highest BCUT2D eigenvalue weighted by atomic mass is 32.2. The summed E-state index contributed by atoms with van der Waals surface area (Å²) in [6.07, 6.45) is -0.187. The molecule has 2 N–H and O–H groups in total. The van der Waals surface area contributed by atoms with Gasteiger partial charge in [0.25, 0.3) is 0 Å². The molecule has 0 heterocycles. The fourth-order valence-corrected chi connectivity index (χ4v) is 1.62. The van der Waals surface area contributed by atoms with Crippen LogP contribution in [0.5, 0.6) is 0 Å². The Bertz CT molecular complexity index is 200. The van der Waals surface area contributed by atoms with Crippen LogP contribution in [0.2, 0.25) is 0 Å². The number of esters is 1. The second-order valence-electron chi connectivity index (χ2n) is 2.87. The number of hydrogen-bond acceptors (Lipinski definition) is 6. The van der Waals surface area contributed by atoms with Gasteiger partial charge in [0, 0.05) is 0 Å². The molecule has 2 unspecified atom stereocenters. The SMILES string of the molecule is C=CCOC(=O)CSN(C(C)O)C(C)O. The van der Waals surface area contributed by atoms with Crippen LogP contribution in [0.1, 0.15) is 13.8 Å². The lowest BCUT2D eigenvalue weighted by Crippen LogP contribution is -2.35. The standard InChI is InChI=1S/C9H17NO4S/c1-4-5-14-9(13)6-15-10(7(2)11)8(3)12/h4,7-8,11-12H,1,5-6H2,2-3H3. The largest absolute Gasteiger partial charge is 0.461 e. The Morgan fingerprint density at radius 3 is 2.47 bits per heavy atom. The molecule has 0 radical (unpaired) electrons. The molecule has 0 spiro atoms. The highest BCUT2D eigenvalue weighted by Crippen LogP contribution is 2.16. The molecule has 0 saturated carbocycles. The summed E-state index contributed by atoms with van der Waals surface area (Å²) in [7, 11) is 0. The molecule has 0 aliphatic heterocycles. The minimum atomic E-state index is -0.831. The summed E-state index contributed by atoms with van der Waals surface area (Å²) < 4.78 is 6.03. The van der Waals surface area contributed by atoms with Gasteiger partial charge in [-0.3, -0.25) is 4.79 Å². The fourth-order valence-electron chi connectivity index (χ4n) is 0.849. The maximum atomic E-state index is 11.1. The first kappa shape index (κ1) is 14.4. The number of rotatable bonds is 7. The van der Waals surface area contributed by atoms with Crippen molar-refractivity contribution >= 4 is 17.9 Å². The van der Waals surface area contributed by atoms with Gasteiger partial charge in [-0.25, -0.2) is 0 Å². The quantitative estimate of drug-likeness (QED) is 0.287. The van der Waals surface area contributed by atoms with E-state index in [0.717, 1.165) is 11.9 Å². The molecule has 88 valence electrons. The average molecular weight is 235 g/mol. The third-order valence-corrected chi connectivity index (χ3v) is 2.70. The lowest BCUT2D eigenvalue weighted by molar-refractivity contribution is -0.139. The minimum Gasteiger partial charge on any atom is -0.461 e. The predicted octanol–water partition coefficient (Wildman–Crippen LogP) is 0.342. The first-order chi connectivity index (χ1) is 6.99. The Labute approximate surface area is 93.9 Å². The van der Waals surface area contributed by atoms with Crippen LogP contribution >= 0.6 is 11.9 Å². The zero-order valence-electron chi connectivity index (χ0n) is 8.92. The van der Waals surface area contributed by atoms with Crippen LogP contribution < -0.4 is 0 Å². The van der Waals surface area contributed by atoms with E-state index in [0.29, 0.717) is 0 Å². The van der Waals surface area contributed by atoms with E-state index in [4.69, 9.17) is 4.74 Å². The molecule has 0 aliphatic rings. The Hall–Kier alpha value is -0.560. The van der Waals surface area contributed by atoms with Crippen LogP contribution in [0.4, 0.5) is 0 Å². The topological polar surface area (TPSA) is 70.0 Å². The van der Waals surface area contributed by atoms with Crippen molar-refractivity contribution in [1.82, 2.24) is 4.31 Å². The number of carbonyl (C=O) groups is 1. The lowest BCUT2D eigenvalue weighted by atomic mass is 10.6. The van der Waals surface area contributed by atoms with E-state index in [9.17, 15) is 15.0 Å². The van der Waals surface area contributed by atoms with E-state index < -0.39 is 18.4 Å². The molecule has 0 rings (SSSR count). The molecule has 5 nitrogen and oxygen atoms in total. The molecule has 0 aromatic carbocycles. The summed E-state index contributed by atoms with van der Waals surface area (Å²) in [4.78, 5) is 11.1. The van der Waals surface area contributed by atoms with Crippen LogP contribution in [-0.4, -0.2) is 45.3 Å². The molecule has 0 saturated heterocycles. The van der Waals surface area contributed by atoms with Gasteiger partial charge < -0.3 is 14.9 Å². The molecule has 0 bridgehead atoms. The van der Waals surface area contributed by atoms with Gasteiger partial charge in [0.05, 0.1) is 0 Å². The molecule has 2 atom stereocenters. The molecule has 0 amide bonds. The van der Waals surface area contributed by atoms with Crippen molar-refractivity contribution in [1.29, 1.82) is 0 Å². The van der Waals surface area contributed by atoms with E-state index in [2.05, 4.69) is 6.58 Å². The van der Waals surface area contributed by atoms with Crippen LogP contribution in [0.15, 0.2) is 12.7 Å². The monoisotopic (exact) mass is 235 g/mol. The second-order valence-corrected chi connectivity index (χ2v) is 3.84. The van der Waals surface area contributed by atoms with Gasteiger partial charge in [-0.15, -0.1) is 0 Å². The summed E-state index contributed by atoms with van der Waals surface area (Å²) in [5.74, 6) is -0.366. The van der Waals surface area contributed by atoms with E-state index in [1.165, 1.54) is 24.2 Å². The first-order valence-corrected chi connectivity index (χ1v) is 5.47. The number of hydrogen-bond donors (Lipinski definition) is 2. The molecule has 6 heteroatoms.